The van der Waals surface area contributed by atoms with Crippen LogP contribution in [0.1, 0.15) is 22.3 Å². The maximum absolute atomic E-state index is 14.1. The van der Waals surface area contributed by atoms with E-state index in [2.05, 4.69) is 15.3 Å². The second-order valence-electron chi connectivity index (χ2n) is 6.94. The molecule has 4 rings (SSSR count). The van der Waals surface area contributed by atoms with Crippen molar-refractivity contribution in [2.75, 3.05) is 5.32 Å². The van der Waals surface area contributed by atoms with Crippen LogP contribution in [0, 0.1) is 12.3 Å². The van der Waals surface area contributed by atoms with Crippen molar-refractivity contribution in [3.05, 3.63) is 89.2 Å². The Morgan fingerprint density at radius 3 is 2.63 bits per heavy atom. The summed E-state index contributed by atoms with van der Waals surface area (Å²) >= 11 is 0. The van der Waals surface area contributed by atoms with E-state index >= 15 is 0 Å². The van der Waals surface area contributed by atoms with Crippen molar-refractivity contribution in [2.24, 2.45) is 0 Å². The van der Waals surface area contributed by atoms with Crippen LogP contribution in [-0.4, -0.2) is 26.6 Å². The molecule has 1 atom stereocenters. The zero-order valence-corrected chi connectivity index (χ0v) is 16.0. The van der Waals surface area contributed by atoms with Crippen LogP contribution in [0.15, 0.2) is 67.0 Å². The third-order valence-electron chi connectivity index (χ3n) is 5.01. The molecule has 0 spiro atoms. The lowest BCUT2D eigenvalue weighted by Gasteiger charge is -2.28. The number of aromatic amines is 1. The number of H-pyrrole nitrogens is 1. The Kier molecular flexibility index (Phi) is 5.03. The summed E-state index contributed by atoms with van der Waals surface area (Å²) in [5, 5.41) is 21.1. The van der Waals surface area contributed by atoms with E-state index in [-0.39, 0.29) is 11.1 Å². The maximum atomic E-state index is 14.1. The molecule has 0 amide bonds. The molecule has 0 aliphatic heterocycles. The van der Waals surface area contributed by atoms with Crippen LogP contribution >= 0.6 is 0 Å². The van der Waals surface area contributed by atoms with E-state index in [1.54, 1.807) is 18.2 Å². The Balaban J connectivity index is 1.79. The number of halogens is 2. The Morgan fingerprint density at radius 1 is 1.17 bits per heavy atom. The molecule has 2 aromatic heterocycles. The molecular weight excluding hydrogens is 388 g/mol. The van der Waals surface area contributed by atoms with Gasteiger partial charge < -0.3 is 20.8 Å². The van der Waals surface area contributed by atoms with Gasteiger partial charge in [0.15, 0.2) is 0 Å². The molecule has 0 radical (unpaired) electrons. The lowest BCUT2D eigenvalue weighted by molar-refractivity contribution is -0.297. The molecular formula is C22H19F2N5O. The lowest BCUT2D eigenvalue weighted by atomic mass is 9.93. The predicted molar refractivity (Wildman–Crippen MR) is 112 cm³/mol. The van der Waals surface area contributed by atoms with Crippen LogP contribution in [0.25, 0.3) is 11.0 Å². The highest BCUT2D eigenvalue weighted by Crippen LogP contribution is 2.39. The van der Waals surface area contributed by atoms with Crippen LogP contribution in [-0.2, 0) is 5.72 Å². The van der Waals surface area contributed by atoms with Crippen LogP contribution < -0.4 is 5.32 Å². The number of nitrogens with zero attached hydrogens (tertiary/aromatic N) is 2. The fraction of sp³-hybridized carbons (Fsp3) is 0.0909. The van der Waals surface area contributed by atoms with Gasteiger partial charge in [0.05, 0.1) is 5.34 Å². The molecule has 8 heteroatoms. The first-order valence-electron chi connectivity index (χ1n) is 9.19. The van der Waals surface area contributed by atoms with E-state index in [0.29, 0.717) is 22.3 Å². The molecule has 1 unspecified atom stereocenters. The number of hydrogen-bond acceptors (Lipinski definition) is 5. The molecule has 0 bridgehead atoms. The van der Waals surface area contributed by atoms with Gasteiger partial charge in [0.1, 0.15) is 5.65 Å². The van der Waals surface area contributed by atoms with Gasteiger partial charge in [-0.3, -0.25) is 0 Å². The van der Waals surface area contributed by atoms with E-state index in [9.17, 15) is 14.1 Å². The molecule has 0 fully saturated rings. The number of aliphatic hydroxyl groups is 1. The summed E-state index contributed by atoms with van der Waals surface area (Å²) in [5.41, 5.74) is 0.367. The molecule has 0 saturated carbocycles. The summed E-state index contributed by atoms with van der Waals surface area (Å²) < 4.78 is 28.1. The Labute approximate surface area is 171 Å². The van der Waals surface area contributed by atoms with E-state index in [1.807, 2.05) is 31.2 Å². The summed E-state index contributed by atoms with van der Waals surface area (Å²) in [7, 11) is 0. The van der Waals surface area contributed by atoms with Gasteiger partial charge in [0, 0.05) is 52.1 Å². The van der Waals surface area contributed by atoms with Crippen LogP contribution in [0.3, 0.4) is 0 Å². The molecule has 4 N–H and O–H groups in total. The van der Waals surface area contributed by atoms with Gasteiger partial charge in [0.25, 0.3) is 0 Å². The van der Waals surface area contributed by atoms with Crippen LogP contribution in [0.5, 0.6) is 0 Å². The van der Waals surface area contributed by atoms with Crippen molar-refractivity contribution in [2.45, 2.75) is 12.6 Å². The number of pyridine rings is 1. The summed E-state index contributed by atoms with van der Waals surface area (Å²) in [6, 6.07) is 15.2. The van der Waals surface area contributed by atoms with Gasteiger partial charge in [-0.15, -0.1) is 0 Å². The van der Waals surface area contributed by atoms with Crippen molar-refractivity contribution < 1.29 is 14.1 Å². The molecule has 30 heavy (non-hydrogen) atoms. The predicted octanol–water partition coefficient (Wildman–Crippen LogP) is 4.88. The maximum Gasteiger partial charge on any atom is 0.232 e. The monoisotopic (exact) mass is 407 g/mol. The average Bonchev–Trinajstić information content (AvgIpc) is 3.19. The molecule has 152 valence electrons. The van der Waals surface area contributed by atoms with Gasteiger partial charge in [0.2, 0.25) is 5.72 Å². The smallest absolute Gasteiger partial charge is 0.232 e. The number of fused-ring (bicyclic) bond motifs is 1. The Hall–Kier alpha value is -3.62. The highest BCUT2D eigenvalue weighted by Gasteiger charge is 2.43. The van der Waals surface area contributed by atoms with Gasteiger partial charge in [-0.25, -0.2) is 4.98 Å². The minimum Gasteiger partial charge on any atom is -0.364 e. The Morgan fingerprint density at radius 2 is 1.93 bits per heavy atom. The molecule has 0 aliphatic rings. The van der Waals surface area contributed by atoms with E-state index < -0.39 is 11.1 Å². The standard InChI is InChI=1S/C22H19F2N5O/c1-14-4-7-17(8-5-14)28-20-9-6-16(11-15(20)12-25)22(30,29(23)24)19-13-27-21-18(19)3-2-10-26-21/h2-13,25,28,30H,1H3,(H,26,27). The van der Waals surface area contributed by atoms with E-state index in [4.69, 9.17) is 5.41 Å². The minimum absolute atomic E-state index is 0.0363. The number of rotatable bonds is 6. The topological polar surface area (TPSA) is 88.0 Å². The summed E-state index contributed by atoms with van der Waals surface area (Å²) in [4.78, 5) is 6.90. The third kappa shape index (κ3) is 3.32. The van der Waals surface area contributed by atoms with Crippen LogP contribution in [0.2, 0.25) is 0 Å². The molecule has 2 heterocycles. The summed E-state index contributed by atoms with van der Waals surface area (Å²) in [6.45, 7) is 1.97. The molecule has 4 aromatic rings. The average molecular weight is 407 g/mol. The zero-order valence-electron chi connectivity index (χ0n) is 16.0. The fourth-order valence-electron chi connectivity index (χ4n) is 3.39. The van der Waals surface area contributed by atoms with Crippen LogP contribution in [0.4, 0.5) is 20.3 Å². The van der Waals surface area contributed by atoms with Crippen molar-refractivity contribution >= 4 is 28.6 Å². The molecule has 2 aromatic carbocycles. The molecule has 6 nitrogen and oxygen atoms in total. The highest BCUT2D eigenvalue weighted by molar-refractivity contribution is 5.88. The van der Waals surface area contributed by atoms with Gasteiger partial charge in [-0.05, 0) is 43.3 Å². The second kappa shape index (κ2) is 7.66. The summed E-state index contributed by atoms with van der Waals surface area (Å²) in [5.74, 6) is 0. The first-order chi connectivity index (χ1) is 14.4. The van der Waals surface area contributed by atoms with Gasteiger partial charge >= 0.3 is 0 Å². The third-order valence-corrected chi connectivity index (χ3v) is 5.01. The number of anilines is 2. The minimum atomic E-state index is -2.72. The SMILES string of the molecule is Cc1ccc(Nc2ccc(C(O)(c3c[nH]c4ncccc34)N(F)F)cc2C=N)cc1. The highest BCUT2D eigenvalue weighted by atomic mass is 19.4. The number of aryl methyl sites for hydroxylation is 1. The molecule has 0 saturated heterocycles. The number of aromatic nitrogens is 2. The Bertz CT molecular complexity index is 1210. The fourth-order valence-corrected chi connectivity index (χ4v) is 3.39. The largest absolute Gasteiger partial charge is 0.364 e. The quantitative estimate of drug-likeness (QED) is 0.208. The van der Waals surface area contributed by atoms with Crippen molar-refractivity contribution in [1.29, 1.82) is 5.41 Å². The number of hydrogen-bond donors (Lipinski definition) is 4. The normalized spacial score (nSPS) is 13.4. The first-order valence-corrected chi connectivity index (χ1v) is 9.19. The second-order valence-corrected chi connectivity index (χ2v) is 6.94. The van der Waals surface area contributed by atoms with Crippen molar-refractivity contribution in [3.63, 3.8) is 0 Å². The van der Waals surface area contributed by atoms with E-state index in [1.165, 1.54) is 24.5 Å². The van der Waals surface area contributed by atoms with Crippen molar-refractivity contribution in [3.8, 4) is 0 Å². The van der Waals surface area contributed by atoms with Gasteiger partial charge in [-0.2, -0.15) is 0 Å². The molecule has 0 aliphatic carbocycles. The first kappa shape index (κ1) is 19.7. The van der Waals surface area contributed by atoms with Crippen molar-refractivity contribution in [1.82, 2.24) is 15.3 Å². The number of benzene rings is 2. The zero-order chi connectivity index (χ0) is 21.3. The number of nitrogens with one attached hydrogen (secondary N) is 3. The summed E-state index contributed by atoms with van der Waals surface area (Å²) in [6.07, 6.45) is 3.90. The van der Waals surface area contributed by atoms with E-state index in [0.717, 1.165) is 17.5 Å². The lowest BCUT2D eigenvalue weighted by Crippen LogP contribution is -2.37. The van der Waals surface area contributed by atoms with Gasteiger partial charge in [-0.1, -0.05) is 32.7 Å².